The lowest BCUT2D eigenvalue weighted by Gasteiger charge is -2.29. The van der Waals surface area contributed by atoms with E-state index in [9.17, 15) is 48.7 Å². The number of cyclic esters (lactones) is 1. The summed E-state index contributed by atoms with van der Waals surface area (Å²) in [7, 11) is 1.86. The molecule has 51 heavy (non-hydrogen) atoms. The van der Waals surface area contributed by atoms with Crippen LogP contribution in [-0.4, -0.2) is 142 Å². The number of nitrogens with two attached hydrogens (primary N) is 1. The first-order valence-electron chi connectivity index (χ1n) is 15.6. The summed E-state index contributed by atoms with van der Waals surface area (Å²) in [6, 6.07) is -2.45. The Morgan fingerprint density at radius 2 is 1.75 bits per heavy atom. The van der Waals surface area contributed by atoms with Crippen LogP contribution in [0.1, 0.15) is 37.8 Å². The van der Waals surface area contributed by atoms with Crippen LogP contribution in [-0.2, 0) is 58.6 Å². The molecule has 2 rings (SSSR count). The van der Waals surface area contributed by atoms with Crippen molar-refractivity contribution in [2.75, 3.05) is 47.9 Å². The summed E-state index contributed by atoms with van der Waals surface area (Å²) in [5, 5.41) is 34.7. The van der Waals surface area contributed by atoms with Crippen molar-refractivity contribution in [1.82, 2.24) is 35.4 Å². The van der Waals surface area contributed by atoms with E-state index < -0.39 is 105 Å². The lowest BCUT2D eigenvalue weighted by molar-refractivity contribution is -0.167. The molecule has 4 atom stereocenters. The molecule has 286 valence electrons. The van der Waals surface area contributed by atoms with Gasteiger partial charge in [-0.1, -0.05) is 0 Å². The number of aromatic nitrogens is 2. The number of hydroxylamine groups is 1. The molecule has 9 N–H and O–H groups in total. The quantitative estimate of drug-likeness (QED) is 0.0194. The Morgan fingerprint density at radius 3 is 2.31 bits per heavy atom. The van der Waals surface area contributed by atoms with E-state index in [2.05, 4.69) is 26.1 Å². The van der Waals surface area contributed by atoms with Crippen LogP contribution in [0.3, 0.4) is 0 Å². The molecule has 2 amide bonds. The first-order chi connectivity index (χ1) is 24.0. The number of imidazole rings is 1. The average Bonchev–Trinajstić information content (AvgIpc) is 3.68. The van der Waals surface area contributed by atoms with Gasteiger partial charge in [0.2, 0.25) is 17.9 Å². The molecule has 1 aromatic rings. The van der Waals surface area contributed by atoms with E-state index in [1.807, 2.05) is 0 Å². The van der Waals surface area contributed by atoms with Crippen LogP contribution < -0.4 is 21.8 Å². The topological polar surface area (TPSA) is 314 Å². The largest absolute Gasteiger partial charge is 0.505 e. The zero-order valence-electron chi connectivity index (χ0n) is 28.5. The van der Waals surface area contributed by atoms with Crippen LogP contribution in [0.5, 0.6) is 0 Å². The summed E-state index contributed by atoms with van der Waals surface area (Å²) in [6.07, 6.45) is -0.698. The monoisotopic (exact) mass is 748 g/mol. The number of H-pyrrole nitrogens is 1. The fourth-order valence-electron chi connectivity index (χ4n) is 4.39. The van der Waals surface area contributed by atoms with Crippen LogP contribution >= 0.6 is 7.67 Å². The predicted octanol–water partition coefficient (Wildman–Crippen LogP) is -2.19. The number of amides is 2. The molecule has 0 saturated carbocycles. The standard InChI is InChI=1S/C28H45N8O14P/c1-35(2)51(46,36(3)4)50-25-23(41)24(48-28(25)45)19(14-37)47-21(39)8-9-22(40)49-32-13-20(38)33-17(7-5-6-10-29)26(42)34-18(27(43)44)11-16-12-30-15-31-16/h12,15,17-19,24,32,37,41H,5-11,13-14,29H2,1-4H3,(H,30,31)(H,33,38)(H,34,42)(H,43,44). The Morgan fingerprint density at radius 1 is 1.08 bits per heavy atom. The number of aliphatic hydroxyl groups is 2. The van der Waals surface area contributed by atoms with Crippen LogP contribution in [0.2, 0.25) is 0 Å². The number of aliphatic hydroxyl groups excluding tert-OH is 2. The van der Waals surface area contributed by atoms with Crippen molar-refractivity contribution in [3.05, 3.63) is 29.7 Å². The minimum absolute atomic E-state index is 0.0854. The number of hydrogen-bond acceptors (Lipinski definition) is 16. The third-order valence-electron chi connectivity index (χ3n) is 7.09. The van der Waals surface area contributed by atoms with Crippen molar-refractivity contribution in [3.63, 3.8) is 0 Å². The van der Waals surface area contributed by atoms with E-state index in [0.29, 0.717) is 25.1 Å². The summed E-state index contributed by atoms with van der Waals surface area (Å²) >= 11 is 0. The Kier molecular flexibility index (Phi) is 16.9. The maximum atomic E-state index is 13.1. The molecule has 1 aromatic heterocycles. The highest BCUT2D eigenvalue weighted by Gasteiger charge is 2.46. The highest BCUT2D eigenvalue weighted by molar-refractivity contribution is 7.54. The number of ether oxygens (including phenoxy) is 2. The summed E-state index contributed by atoms with van der Waals surface area (Å²) in [6.45, 7) is -1.21. The van der Waals surface area contributed by atoms with Crippen LogP contribution in [0.25, 0.3) is 0 Å². The molecule has 0 spiro atoms. The van der Waals surface area contributed by atoms with Crippen molar-refractivity contribution in [3.8, 4) is 0 Å². The van der Waals surface area contributed by atoms with Gasteiger partial charge in [-0.05, 0) is 54.0 Å². The summed E-state index contributed by atoms with van der Waals surface area (Å²) < 4.78 is 30.8. The molecule has 1 aliphatic rings. The second kappa shape index (κ2) is 20.3. The minimum Gasteiger partial charge on any atom is -0.505 e. The first kappa shape index (κ1) is 42.6. The van der Waals surface area contributed by atoms with Crippen LogP contribution in [0, 0.1) is 0 Å². The van der Waals surface area contributed by atoms with E-state index in [-0.39, 0.29) is 12.8 Å². The van der Waals surface area contributed by atoms with Gasteiger partial charge in [0.1, 0.15) is 18.6 Å². The van der Waals surface area contributed by atoms with Gasteiger partial charge in [0, 0.05) is 18.3 Å². The number of carboxylic acids is 1. The normalized spacial score (nSPS) is 16.3. The van der Waals surface area contributed by atoms with Gasteiger partial charge < -0.3 is 55.5 Å². The van der Waals surface area contributed by atoms with Gasteiger partial charge >= 0.3 is 31.5 Å². The van der Waals surface area contributed by atoms with Crippen molar-refractivity contribution in [2.45, 2.75) is 62.8 Å². The maximum absolute atomic E-state index is 13.1. The second-order valence-electron chi connectivity index (χ2n) is 11.4. The lowest BCUT2D eigenvalue weighted by atomic mass is 10.1. The third kappa shape index (κ3) is 12.9. The summed E-state index contributed by atoms with van der Waals surface area (Å²) in [4.78, 5) is 85.4. The maximum Gasteiger partial charge on any atom is 0.395 e. The lowest BCUT2D eigenvalue weighted by Crippen LogP contribution is -2.53. The van der Waals surface area contributed by atoms with Gasteiger partial charge in [-0.25, -0.2) is 28.5 Å². The molecule has 0 radical (unpaired) electrons. The van der Waals surface area contributed by atoms with Crippen molar-refractivity contribution in [2.24, 2.45) is 5.73 Å². The Labute approximate surface area is 292 Å². The number of unbranched alkanes of at least 4 members (excludes halogenated alkanes) is 1. The molecule has 23 heteroatoms. The highest BCUT2D eigenvalue weighted by atomic mass is 31.2. The fourth-order valence-corrected chi connectivity index (χ4v) is 5.84. The SMILES string of the molecule is CN(C)P(=O)(OC1=C(O)C(C(CO)OC(=O)CCC(=O)ONCC(=O)NC(CCCCN)C(=O)NC(Cc2cnc[nH]2)C(=O)O)OC1=O)N(C)C. The van der Waals surface area contributed by atoms with Gasteiger partial charge in [-0.2, -0.15) is 0 Å². The van der Waals surface area contributed by atoms with Gasteiger partial charge in [0.15, 0.2) is 11.9 Å². The molecular weight excluding hydrogens is 703 g/mol. The third-order valence-corrected chi connectivity index (χ3v) is 9.53. The number of nitrogens with one attached hydrogen (secondary N) is 4. The van der Waals surface area contributed by atoms with Gasteiger partial charge in [0.25, 0.3) is 5.76 Å². The van der Waals surface area contributed by atoms with Crippen LogP contribution in [0.4, 0.5) is 0 Å². The van der Waals surface area contributed by atoms with E-state index in [0.717, 1.165) is 0 Å². The second-order valence-corrected chi connectivity index (χ2v) is 14.2. The van der Waals surface area contributed by atoms with E-state index >= 15 is 0 Å². The summed E-state index contributed by atoms with van der Waals surface area (Å²) in [5.74, 6) is -7.79. The molecule has 0 fully saturated rings. The van der Waals surface area contributed by atoms with Crippen LogP contribution in [0.15, 0.2) is 24.0 Å². The molecule has 0 aromatic carbocycles. The minimum atomic E-state index is -3.80. The van der Waals surface area contributed by atoms with E-state index in [1.165, 1.54) is 50.1 Å². The smallest absolute Gasteiger partial charge is 0.395 e. The van der Waals surface area contributed by atoms with Crippen molar-refractivity contribution >= 4 is 43.4 Å². The molecule has 2 heterocycles. The Bertz CT molecular complexity index is 1440. The number of nitrogens with zero attached hydrogens (tertiary/aromatic N) is 3. The number of carbonyl (C=O) groups is 6. The van der Waals surface area contributed by atoms with Gasteiger partial charge in [-0.3, -0.25) is 19.2 Å². The molecule has 0 aliphatic carbocycles. The number of aliphatic carboxylic acids is 1. The van der Waals surface area contributed by atoms with Crippen molar-refractivity contribution in [1.29, 1.82) is 0 Å². The number of hydrogen-bond donors (Lipinski definition) is 8. The fraction of sp³-hybridized carbons (Fsp3) is 0.607. The number of aromatic amines is 1. The molecule has 4 unspecified atom stereocenters. The Hall–Kier alpha value is -4.60. The number of esters is 2. The van der Waals surface area contributed by atoms with E-state index in [4.69, 9.17) is 24.6 Å². The molecule has 1 aliphatic heterocycles. The highest BCUT2D eigenvalue weighted by Crippen LogP contribution is 2.53. The predicted molar refractivity (Wildman–Crippen MR) is 173 cm³/mol. The first-order valence-corrected chi connectivity index (χ1v) is 17.1. The van der Waals surface area contributed by atoms with Gasteiger partial charge in [-0.15, -0.1) is 5.48 Å². The summed E-state index contributed by atoms with van der Waals surface area (Å²) in [5.41, 5.74) is 8.09. The van der Waals surface area contributed by atoms with Gasteiger partial charge in [0.05, 0.1) is 25.8 Å². The Balaban J connectivity index is 1.87. The zero-order valence-corrected chi connectivity index (χ0v) is 29.4. The number of carboxylic acid groups (broad SMARTS) is 1. The number of rotatable bonds is 23. The molecular formula is C28H45N8O14P. The van der Waals surface area contributed by atoms with Crippen molar-refractivity contribution < 1.29 is 67.5 Å². The molecule has 0 saturated heterocycles. The molecule has 0 bridgehead atoms. The molecule has 22 nitrogen and oxygen atoms in total. The zero-order chi connectivity index (χ0) is 38.3. The van der Waals surface area contributed by atoms with E-state index in [1.54, 1.807) is 0 Å². The number of carbonyl (C=O) groups excluding carboxylic acids is 5. The average molecular weight is 749 g/mol.